The summed E-state index contributed by atoms with van der Waals surface area (Å²) in [6, 6.07) is 8.31. The van der Waals surface area contributed by atoms with Crippen LogP contribution in [0, 0.1) is 12.8 Å². The number of ether oxygens (including phenoxy) is 1. The highest BCUT2D eigenvalue weighted by atomic mass is 32.1. The number of hydrogen-bond donors (Lipinski definition) is 1. The van der Waals surface area contributed by atoms with Crippen molar-refractivity contribution in [1.29, 1.82) is 0 Å². The fourth-order valence-electron chi connectivity index (χ4n) is 3.31. The van der Waals surface area contributed by atoms with Crippen LogP contribution in [-0.2, 0) is 26.2 Å². The van der Waals surface area contributed by atoms with Crippen LogP contribution in [0.1, 0.15) is 68.3 Å². The van der Waals surface area contributed by atoms with E-state index in [1.165, 1.54) is 16.9 Å². The summed E-state index contributed by atoms with van der Waals surface area (Å²) in [5.74, 6) is -0.897. The van der Waals surface area contributed by atoms with Gasteiger partial charge in [0.1, 0.15) is 5.41 Å². The molecule has 158 valence electrons. The summed E-state index contributed by atoms with van der Waals surface area (Å²) in [7, 11) is 0. The number of thiazole rings is 1. The normalized spacial score (nSPS) is 13.3. The van der Waals surface area contributed by atoms with Gasteiger partial charge in [-0.15, -0.1) is 11.3 Å². The van der Waals surface area contributed by atoms with Gasteiger partial charge in [0, 0.05) is 18.2 Å². The minimum atomic E-state index is -1.01. The van der Waals surface area contributed by atoms with Gasteiger partial charge < -0.3 is 9.84 Å². The van der Waals surface area contributed by atoms with Crippen LogP contribution in [0.3, 0.4) is 0 Å². The van der Waals surface area contributed by atoms with Crippen molar-refractivity contribution in [2.45, 2.75) is 65.2 Å². The van der Waals surface area contributed by atoms with E-state index in [9.17, 15) is 14.7 Å². The van der Waals surface area contributed by atoms with Crippen molar-refractivity contribution in [3.63, 3.8) is 0 Å². The lowest BCUT2D eigenvalue weighted by molar-refractivity contribution is -0.151. The predicted octanol–water partition coefficient (Wildman–Crippen LogP) is 5.14. The Morgan fingerprint density at radius 3 is 2.48 bits per heavy atom. The molecule has 0 aliphatic heterocycles. The smallest absolute Gasteiger partial charge is 0.318 e. The SMILES string of the molecule is CCOC(=O)[C@](CCC(=O)O)(CCC(C)C)c1csc(Cc2ccc(C)cc2)n1. The lowest BCUT2D eigenvalue weighted by Crippen LogP contribution is -2.39. The second-order valence-electron chi connectivity index (χ2n) is 7.92. The first-order valence-electron chi connectivity index (χ1n) is 10.2. The zero-order chi connectivity index (χ0) is 21.4. The van der Waals surface area contributed by atoms with E-state index in [0.29, 0.717) is 24.5 Å². The second kappa shape index (κ2) is 10.5. The van der Waals surface area contributed by atoms with Crippen LogP contribution < -0.4 is 0 Å². The zero-order valence-corrected chi connectivity index (χ0v) is 18.6. The van der Waals surface area contributed by atoms with E-state index in [1.807, 2.05) is 5.38 Å². The first kappa shape index (κ1) is 23.1. The van der Waals surface area contributed by atoms with Crippen LogP contribution in [0.4, 0.5) is 0 Å². The predicted molar refractivity (Wildman–Crippen MR) is 115 cm³/mol. The molecule has 0 saturated heterocycles. The highest BCUT2D eigenvalue weighted by Crippen LogP contribution is 2.38. The number of carbonyl (C=O) groups excluding carboxylic acids is 1. The highest BCUT2D eigenvalue weighted by molar-refractivity contribution is 7.09. The maximum absolute atomic E-state index is 13.0. The molecule has 29 heavy (non-hydrogen) atoms. The van der Waals surface area contributed by atoms with E-state index in [1.54, 1.807) is 6.92 Å². The van der Waals surface area contributed by atoms with Gasteiger partial charge in [-0.1, -0.05) is 43.7 Å². The third kappa shape index (κ3) is 6.39. The molecular formula is C23H31NO4S. The molecule has 0 amide bonds. The van der Waals surface area contributed by atoms with Gasteiger partial charge in [0.05, 0.1) is 17.3 Å². The van der Waals surface area contributed by atoms with Crippen molar-refractivity contribution in [3.8, 4) is 0 Å². The van der Waals surface area contributed by atoms with Crippen molar-refractivity contribution in [3.05, 3.63) is 51.5 Å². The molecule has 0 radical (unpaired) electrons. The Hall–Kier alpha value is -2.21. The first-order valence-corrected chi connectivity index (χ1v) is 11.0. The molecule has 2 rings (SSSR count). The number of carboxylic acid groups (broad SMARTS) is 1. The van der Waals surface area contributed by atoms with Gasteiger partial charge >= 0.3 is 11.9 Å². The number of carboxylic acids is 1. The van der Waals surface area contributed by atoms with Crippen LogP contribution in [0.15, 0.2) is 29.6 Å². The number of benzene rings is 1. The summed E-state index contributed by atoms with van der Waals surface area (Å²) >= 11 is 1.51. The molecule has 6 heteroatoms. The molecule has 1 aromatic carbocycles. The second-order valence-corrected chi connectivity index (χ2v) is 8.86. The fraction of sp³-hybridized carbons (Fsp3) is 0.522. The number of carbonyl (C=O) groups is 2. The minimum absolute atomic E-state index is 0.0955. The Kier molecular flexibility index (Phi) is 8.38. The van der Waals surface area contributed by atoms with Gasteiger partial charge in [-0.05, 0) is 44.6 Å². The molecule has 0 unspecified atom stereocenters. The fourth-order valence-corrected chi connectivity index (χ4v) is 4.23. The van der Waals surface area contributed by atoms with Crippen molar-refractivity contribution in [2.75, 3.05) is 6.61 Å². The Morgan fingerprint density at radius 2 is 1.90 bits per heavy atom. The molecule has 2 aromatic rings. The zero-order valence-electron chi connectivity index (χ0n) is 17.7. The molecule has 1 atom stereocenters. The van der Waals surface area contributed by atoms with Gasteiger partial charge in [-0.3, -0.25) is 9.59 Å². The molecule has 0 aliphatic carbocycles. The van der Waals surface area contributed by atoms with E-state index in [2.05, 4.69) is 45.0 Å². The third-order valence-corrected chi connectivity index (χ3v) is 5.95. The number of aromatic nitrogens is 1. The van der Waals surface area contributed by atoms with E-state index < -0.39 is 11.4 Å². The average molecular weight is 418 g/mol. The molecule has 5 nitrogen and oxygen atoms in total. The number of rotatable bonds is 11. The van der Waals surface area contributed by atoms with E-state index in [-0.39, 0.29) is 25.4 Å². The quantitative estimate of drug-likeness (QED) is 0.512. The molecule has 1 N–H and O–H groups in total. The highest BCUT2D eigenvalue weighted by Gasteiger charge is 2.43. The summed E-state index contributed by atoms with van der Waals surface area (Å²) in [5.41, 5.74) is 1.99. The summed E-state index contributed by atoms with van der Waals surface area (Å²) in [6.45, 7) is 8.27. The van der Waals surface area contributed by atoms with Crippen LogP contribution >= 0.6 is 11.3 Å². The van der Waals surface area contributed by atoms with Crippen LogP contribution in [0.5, 0.6) is 0 Å². The van der Waals surface area contributed by atoms with E-state index >= 15 is 0 Å². The molecule has 1 heterocycles. The molecule has 0 fully saturated rings. The maximum atomic E-state index is 13.0. The number of hydrogen-bond acceptors (Lipinski definition) is 5. The Labute approximate surface area is 177 Å². The summed E-state index contributed by atoms with van der Waals surface area (Å²) in [4.78, 5) is 29.1. The monoisotopic (exact) mass is 417 g/mol. The van der Waals surface area contributed by atoms with Gasteiger partial charge in [-0.2, -0.15) is 0 Å². The van der Waals surface area contributed by atoms with Gasteiger partial charge in [-0.25, -0.2) is 4.98 Å². The molecule has 1 aromatic heterocycles. The number of aliphatic carboxylic acids is 1. The van der Waals surface area contributed by atoms with Crippen LogP contribution in [0.2, 0.25) is 0 Å². The average Bonchev–Trinajstić information content (AvgIpc) is 3.12. The van der Waals surface area contributed by atoms with Crippen molar-refractivity contribution < 1.29 is 19.4 Å². The number of esters is 1. The van der Waals surface area contributed by atoms with Crippen molar-refractivity contribution >= 4 is 23.3 Å². The minimum Gasteiger partial charge on any atom is -0.481 e. The molecule has 0 spiro atoms. The third-order valence-electron chi connectivity index (χ3n) is 5.10. The van der Waals surface area contributed by atoms with E-state index in [0.717, 1.165) is 17.0 Å². The number of nitrogens with zero attached hydrogens (tertiary/aromatic N) is 1. The molecule has 0 aliphatic rings. The lowest BCUT2D eigenvalue weighted by Gasteiger charge is -2.30. The summed E-state index contributed by atoms with van der Waals surface area (Å²) < 4.78 is 5.40. The van der Waals surface area contributed by atoms with Gasteiger partial charge in [0.2, 0.25) is 0 Å². The summed E-state index contributed by atoms with van der Waals surface area (Å²) in [5, 5.41) is 12.1. The van der Waals surface area contributed by atoms with Gasteiger partial charge in [0.25, 0.3) is 0 Å². The molecule has 0 saturated carbocycles. The Balaban J connectivity index is 2.37. The Bertz CT molecular complexity index is 813. The Morgan fingerprint density at radius 1 is 1.21 bits per heavy atom. The van der Waals surface area contributed by atoms with Gasteiger partial charge in [0.15, 0.2) is 0 Å². The molecule has 0 bridgehead atoms. The van der Waals surface area contributed by atoms with Crippen molar-refractivity contribution in [1.82, 2.24) is 4.98 Å². The van der Waals surface area contributed by atoms with Crippen LogP contribution in [0.25, 0.3) is 0 Å². The standard InChI is InChI=1S/C23H31NO4S/c1-5-28-22(27)23(12-10-16(2)3,13-11-21(25)26)19-15-29-20(24-19)14-18-8-6-17(4)7-9-18/h6-9,15-16H,5,10-14H2,1-4H3,(H,25,26)/t23-/m0/s1. The topological polar surface area (TPSA) is 76.5 Å². The van der Waals surface area contributed by atoms with Crippen molar-refractivity contribution in [2.24, 2.45) is 5.92 Å². The number of aryl methyl sites for hydroxylation is 1. The summed E-state index contributed by atoms with van der Waals surface area (Å²) in [6.07, 6.45) is 2.12. The van der Waals surface area contributed by atoms with E-state index in [4.69, 9.17) is 9.72 Å². The molecular weight excluding hydrogens is 386 g/mol. The lowest BCUT2D eigenvalue weighted by atomic mass is 9.75. The first-order chi connectivity index (χ1) is 13.8. The van der Waals surface area contributed by atoms with Crippen LogP contribution in [-0.4, -0.2) is 28.6 Å². The largest absolute Gasteiger partial charge is 0.481 e. The maximum Gasteiger partial charge on any atom is 0.318 e.